The summed E-state index contributed by atoms with van der Waals surface area (Å²) in [5.41, 5.74) is 7.85. The lowest BCUT2D eigenvalue weighted by Crippen LogP contribution is -2.58. The summed E-state index contributed by atoms with van der Waals surface area (Å²) in [6.07, 6.45) is -7.04. The maximum absolute atomic E-state index is 13.5. The average molecular weight is 865 g/mol. The molecule has 0 N–H and O–H groups in total. The molecule has 0 aliphatic carbocycles. The van der Waals surface area contributed by atoms with Crippen LogP contribution >= 0.6 is 11.6 Å². The third-order valence-corrected chi connectivity index (χ3v) is 11.2. The molecule has 1 saturated heterocycles. The van der Waals surface area contributed by atoms with Crippen LogP contribution in [-0.2, 0) is 74.3 Å². The van der Waals surface area contributed by atoms with Crippen molar-refractivity contribution in [2.45, 2.75) is 89.5 Å². The molecule has 1 aliphatic heterocycles. The second kappa shape index (κ2) is 22.5. The lowest BCUT2D eigenvalue weighted by molar-refractivity contribution is -0.275. The number of hydrogen-bond acceptors (Lipinski definition) is 6. The summed E-state index contributed by atoms with van der Waals surface area (Å²) in [6.45, 7) is 1.42. The molecule has 0 amide bonds. The molecule has 6 nitrogen and oxygen atoms in total. The second-order valence-electron chi connectivity index (χ2n) is 15.5. The molecule has 324 valence electrons. The van der Waals surface area contributed by atoms with Gasteiger partial charge in [0.25, 0.3) is 0 Å². The highest BCUT2D eigenvalue weighted by Gasteiger charge is 2.49. The summed E-state index contributed by atoms with van der Waals surface area (Å²) in [4.78, 5) is 0. The summed E-state index contributed by atoms with van der Waals surface area (Å²) >= 11 is 7.00. The molecule has 5 atom stereocenters. The van der Waals surface area contributed by atoms with Crippen LogP contribution in [0.4, 0.5) is 13.2 Å². The summed E-state index contributed by atoms with van der Waals surface area (Å²) in [5, 5.41) is 0.403. The van der Waals surface area contributed by atoms with E-state index in [0.29, 0.717) is 29.2 Å². The fourth-order valence-corrected chi connectivity index (χ4v) is 7.89. The molecule has 1 aliphatic rings. The molecule has 0 bridgehead atoms. The van der Waals surface area contributed by atoms with E-state index in [1.165, 1.54) is 5.56 Å². The monoisotopic (exact) mass is 864 g/mol. The van der Waals surface area contributed by atoms with E-state index < -0.39 is 43.3 Å². The first kappa shape index (κ1) is 45.2. The quantitative estimate of drug-likeness (QED) is 0.0762. The van der Waals surface area contributed by atoms with Crippen molar-refractivity contribution in [1.29, 1.82) is 0 Å². The number of halogens is 4. The first-order valence-corrected chi connectivity index (χ1v) is 21.4. The van der Waals surface area contributed by atoms with Crippen molar-refractivity contribution in [1.82, 2.24) is 0 Å². The third-order valence-electron chi connectivity index (χ3n) is 10.8. The van der Waals surface area contributed by atoms with Crippen LogP contribution in [-0.4, -0.2) is 43.8 Å². The maximum atomic E-state index is 13.5. The van der Waals surface area contributed by atoms with Gasteiger partial charge in [-0.25, -0.2) is 0 Å². The summed E-state index contributed by atoms with van der Waals surface area (Å²) in [7, 11) is 0. The summed E-state index contributed by atoms with van der Waals surface area (Å²) < 4.78 is 80.3. The van der Waals surface area contributed by atoms with Crippen molar-refractivity contribution in [2.24, 2.45) is 0 Å². The SMILES string of the molecule is CCc1ccc(Cc2cc([C@@H]3O[C@H](COCc4ccccc4)[C@@H](OCc4ccccc4)[C@H](OCc4ccccc4)[C@H]3OCc3ccccc3)c(COCC(F)(F)F)cc2Cl)cc1. The topological polar surface area (TPSA) is 55.4 Å². The van der Waals surface area contributed by atoms with E-state index in [4.69, 9.17) is 40.0 Å². The molecule has 6 aromatic carbocycles. The van der Waals surface area contributed by atoms with Gasteiger partial charge in [-0.2, -0.15) is 13.2 Å². The van der Waals surface area contributed by atoms with Crippen LogP contribution in [0, 0.1) is 0 Å². The minimum Gasteiger partial charge on any atom is -0.374 e. The van der Waals surface area contributed by atoms with Crippen molar-refractivity contribution >= 4 is 11.6 Å². The minimum atomic E-state index is -4.53. The van der Waals surface area contributed by atoms with E-state index in [2.05, 4.69) is 31.2 Å². The van der Waals surface area contributed by atoms with Crippen LogP contribution in [0.25, 0.3) is 0 Å². The van der Waals surface area contributed by atoms with E-state index in [-0.39, 0.29) is 33.0 Å². The van der Waals surface area contributed by atoms with Crippen molar-refractivity contribution in [3.63, 3.8) is 0 Å². The molecule has 0 saturated carbocycles. The molecule has 0 radical (unpaired) electrons. The zero-order valence-corrected chi connectivity index (χ0v) is 35.5. The normalized spacial score (nSPS) is 19.1. The number of aryl methyl sites for hydroxylation is 1. The average Bonchev–Trinajstić information content (AvgIpc) is 3.29. The lowest BCUT2D eigenvalue weighted by atomic mass is 9.87. The van der Waals surface area contributed by atoms with Gasteiger partial charge in [0.05, 0.1) is 39.6 Å². The van der Waals surface area contributed by atoms with E-state index in [9.17, 15) is 13.2 Å². The Morgan fingerprint density at radius 2 is 1.00 bits per heavy atom. The zero-order valence-electron chi connectivity index (χ0n) is 34.7. The number of hydrogen-bond donors (Lipinski definition) is 0. The van der Waals surface area contributed by atoms with Gasteiger partial charge in [0, 0.05) is 5.02 Å². The highest BCUT2D eigenvalue weighted by molar-refractivity contribution is 6.31. The standard InChI is InChI=1S/C52H52ClF3O6/c1-2-37-23-25-38(26-24-37)27-43-28-45(44(29-46(43)53)34-58-36-52(54,55)56)48-50(60-32-41-19-11-5-12-20-41)51(61-33-42-21-13-6-14-22-42)49(59-31-40-17-9-4-10-18-40)47(62-48)35-57-30-39-15-7-3-8-16-39/h3-26,28-29,47-51H,2,27,30-36H2,1H3/t47-,48+,49-,50+,51+/m1/s1. The Labute approximate surface area is 367 Å². The largest absolute Gasteiger partial charge is 0.411 e. The van der Waals surface area contributed by atoms with Crippen LogP contribution < -0.4 is 0 Å². The van der Waals surface area contributed by atoms with Gasteiger partial charge in [-0.1, -0.05) is 170 Å². The van der Waals surface area contributed by atoms with Gasteiger partial charge in [-0.3, -0.25) is 0 Å². The third kappa shape index (κ3) is 13.1. The van der Waals surface area contributed by atoms with Crippen LogP contribution in [0.15, 0.2) is 158 Å². The Morgan fingerprint density at radius 1 is 0.516 bits per heavy atom. The van der Waals surface area contributed by atoms with Crippen molar-refractivity contribution in [3.05, 3.63) is 213 Å². The van der Waals surface area contributed by atoms with E-state index >= 15 is 0 Å². The van der Waals surface area contributed by atoms with Gasteiger partial charge in [0.15, 0.2) is 0 Å². The predicted octanol–water partition coefficient (Wildman–Crippen LogP) is 12.0. The molecule has 0 spiro atoms. The highest BCUT2D eigenvalue weighted by atomic mass is 35.5. The Kier molecular flexibility index (Phi) is 16.4. The first-order valence-electron chi connectivity index (χ1n) is 21.0. The summed E-state index contributed by atoms with van der Waals surface area (Å²) in [5.74, 6) is 0. The molecule has 7 rings (SSSR count). The van der Waals surface area contributed by atoms with Crippen LogP contribution in [0.2, 0.25) is 5.02 Å². The molecular formula is C52H52ClF3O6. The van der Waals surface area contributed by atoms with E-state index in [1.54, 1.807) is 6.07 Å². The van der Waals surface area contributed by atoms with E-state index in [0.717, 1.165) is 39.8 Å². The van der Waals surface area contributed by atoms with Crippen molar-refractivity contribution in [2.75, 3.05) is 13.2 Å². The fraction of sp³-hybridized carbons (Fsp3) is 0.308. The molecule has 0 unspecified atom stereocenters. The molecule has 0 aromatic heterocycles. The number of rotatable bonds is 20. The Morgan fingerprint density at radius 3 is 1.52 bits per heavy atom. The smallest absolute Gasteiger partial charge is 0.374 e. The molecule has 62 heavy (non-hydrogen) atoms. The van der Waals surface area contributed by atoms with Crippen molar-refractivity contribution in [3.8, 4) is 0 Å². The van der Waals surface area contributed by atoms with Gasteiger partial charge < -0.3 is 28.4 Å². The number of benzene rings is 6. The number of alkyl halides is 3. The van der Waals surface area contributed by atoms with Gasteiger partial charge >= 0.3 is 6.18 Å². The van der Waals surface area contributed by atoms with Crippen LogP contribution in [0.1, 0.15) is 63.1 Å². The van der Waals surface area contributed by atoms with E-state index in [1.807, 2.05) is 127 Å². The highest BCUT2D eigenvalue weighted by Crippen LogP contribution is 2.42. The summed E-state index contributed by atoms with van der Waals surface area (Å²) in [6, 6.07) is 51.3. The molecule has 10 heteroatoms. The zero-order chi connectivity index (χ0) is 43.2. The van der Waals surface area contributed by atoms with Gasteiger partial charge in [-0.05, 0) is 69.0 Å². The van der Waals surface area contributed by atoms with Crippen molar-refractivity contribution < 1.29 is 41.6 Å². The predicted molar refractivity (Wildman–Crippen MR) is 235 cm³/mol. The van der Waals surface area contributed by atoms with Gasteiger partial charge in [0.2, 0.25) is 0 Å². The molecule has 1 heterocycles. The molecule has 6 aromatic rings. The lowest BCUT2D eigenvalue weighted by Gasteiger charge is -2.47. The molecule has 1 fully saturated rings. The Hall–Kier alpha value is -4.84. The van der Waals surface area contributed by atoms with Crippen LogP contribution in [0.3, 0.4) is 0 Å². The second-order valence-corrected chi connectivity index (χ2v) is 15.9. The maximum Gasteiger partial charge on any atom is 0.411 e. The van der Waals surface area contributed by atoms with Gasteiger partial charge in [0.1, 0.15) is 37.1 Å². The fourth-order valence-electron chi connectivity index (χ4n) is 7.63. The number of ether oxygens (including phenoxy) is 6. The Bertz CT molecular complexity index is 2230. The Balaban J connectivity index is 1.33. The van der Waals surface area contributed by atoms with Gasteiger partial charge in [-0.15, -0.1) is 0 Å². The first-order chi connectivity index (χ1) is 30.2. The molecular weight excluding hydrogens is 813 g/mol. The van der Waals surface area contributed by atoms with Crippen LogP contribution in [0.5, 0.6) is 0 Å². The minimum absolute atomic E-state index is 0.117.